The number of thiophene rings is 1. The molecule has 0 bridgehead atoms. The number of hydrogen-bond donors (Lipinski definition) is 0. The number of rotatable bonds is 7. The minimum Gasteiger partial charge on any atom is -0.494 e. The summed E-state index contributed by atoms with van der Waals surface area (Å²) in [5.74, 6) is 1.68. The molecule has 0 N–H and O–H groups in total. The summed E-state index contributed by atoms with van der Waals surface area (Å²) in [5.41, 5.74) is 2.29. The predicted octanol–water partition coefficient (Wildman–Crippen LogP) is 3.91. The first-order valence-corrected chi connectivity index (χ1v) is 10.0. The first-order chi connectivity index (χ1) is 12.9. The Kier molecular flexibility index (Phi) is 5.97. The summed E-state index contributed by atoms with van der Waals surface area (Å²) in [6.45, 7) is 7.91. The van der Waals surface area contributed by atoms with Crippen LogP contribution in [-0.2, 0) is 13.1 Å². The molecule has 0 fully saturated rings. The zero-order chi connectivity index (χ0) is 19.6. The summed E-state index contributed by atoms with van der Waals surface area (Å²) >= 11 is 1.60. The van der Waals surface area contributed by atoms with E-state index >= 15 is 0 Å². The van der Waals surface area contributed by atoms with Crippen molar-refractivity contribution in [3.8, 4) is 5.75 Å². The Balaban J connectivity index is 1.82. The van der Waals surface area contributed by atoms with Crippen LogP contribution in [0.2, 0.25) is 0 Å². The van der Waals surface area contributed by atoms with Gasteiger partial charge >= 0.3 is 0 Å². The zero-order valence-corrected chi connectivity index (χ0v) is 17.5. The number of hydrogen-bond acceptors (Lipinski definition) is 5. The quantitative estimate of drug-likeness (QED) is 0.579. The van der Waals surface area contributed by atoms with Gasteiger partial charge in [-0.05, 0) is 64.5 Å². The molecule has 0 aliphatic rings. The Morgan fingerprint density at radius 3 is 2.70 bits per heavy atom. The van der Waals surface area contributed by atoms with E-state index in [1.807, 2.05) is 68.6 Å². The van der Waals surface area contributed by atoms with Crippen LogP contribution in [0.15, 0.2) is 29.1 Å². The van der Waals surface area contributed by atoms with Crippen molar-refractivity contribution in [3.05, 3.63) is 56.4 Å². The first-order valence-electron chi connectivity index (χ1n) is 9.20. The molecule has 0 saturated carbocycles. The highest BCUT2D eigenvalue weighted by Crippen LogP contribution is 2.26. The number of benzene rings is 1. The molecule has 6 heteroatoms. The van der Waals surface area contributed by atoms with Gasteiger partial charge in [0.1, 0.15) is 16.4 Å². The number of ether oxygens (including phenoxy) is 1. The van der Waals surface area contributed by atoms with E-state index in [2.05, 4.69) is 0 Å². The second kappa shape index (κ2) is 8.23. The molecule has 0 aliphatic carbocycles. The normalized spacial score (nSPS) is 11.5. The molecule has 0 atom stereocenters. The highest BCUT2D eigenvalue weighted by atomic mass is 32.1. The van der Waals surface area contributed by atoms with Gasteiger partial charge in [0.2, 0.25) is 0 Å². The van der Waals surface area contributed by atoms with E-state index in [1.54, 1.807) is 11.3 Å². The van der Waals surface area contributed by atoms with Crippen LogP contribution in [0.3, 0.4) is 0 Å². The molecular formula is C21H27N3O2S. The third-order valence-corrected chi connectivity index (χ3v) is 5.71. The maximum absolute atomic E-state index is 13.1. The highest BCUT2D eigenvalue weighted by Gasteiger charge is 2.16. The molecule has 27 heavy (non-hydrogen) atoms. The third kappa shape index (κ3) is 4.39. The van der Waals surface area contributed by atoms with Gasteiger partial charge in [-0.3, -0.25) is 9.36 Å². The van der Waals surface area contributed by atoms with E-state index in [0.717, 1.165) is 38.7 Å². The van der Waals surface area contributed by atoms with E-state index in [0.29, 0.717) is 19.7 Å². The molecular weight excluding hydrogens is 358 g/mol. The van der Waals surface area contributed by atoms with Gasteiger partial charge in [0.15, 0.2) is 0 Å². The largest absolute Gasteiger partial charge is 0.494 e. The minimum absolute atomic E-state index is 0.0641. The number of aromatic nitrogens is 2. The lowest BCUT2D eigenvalue weighted by molar-refractivity contribution is 0.296. The Morgan fingerprint density at radius 2 is 2.00 bits per heavy atom. The fourth-order valence-corrected chi connectivity index (χ4v) is 4.16. The second-order valence-corrected chi connectivity index (χ2v) is 8.41. The van der Waals surface area contributed by atoms with Gasteiger partial charge in [-0.1, -0.05) is 12.1 Å². The van der Waals surface area contributed by atoms with Crippen molar-refractivity contribution in [2.75, 3.05) is 20.7 Å². The molecule has 144 valence electrons. The van der Waals surface area contributed by atoms with Gasteiger partial charge < -0.3 is 9.64 Å². The molecule has 0 spiro atoms. The molecule has 2 heterocycles. The second-order valence-electron chi connectivity index (χ2n) is 7.20. The standard InChI is InChI=1S/C21H27N3O2S/c1-14-8-6-9-17(12-14)26-11-7-10-24-18(13-23(4)5)22-20-19(21(24)25)15(2)16(3)27-20/h6,8-9,12H,7,10-11,13H2,1-5H3. The van der Waals surface area contributed by atoms with Gasteiger partial charge in [-0.2, -0.15) is 0 Å². The highest BCUT2D eigenvalue weighted by molar-refractivity contribution is 7.18. The lowest BCUT2D eigenvalue weighted by Gasteiger charge is -2.16. The van der Waals surface area contributed by atoms with Crippen LogP contribution in [0.25, 0.3) is 10.2 Å². The topological polar surface area (TPSA) is 47.4 Å². The van der Waals surface area contributed by atoms with Crippen molar-refractivity contribution < 1.29 is 4.74 Å². The van der Waals surface area contributed by atoms with E-state index in [9.17, 15) is 4.79 Å². The first kappa shape index (κ1) is 19.6. The summed E-state index contributed by atoms with van der Waals surface area (Å²) in [7, 11) is 3.99. The Labute approximate surface area is 164 Å². The van der Waals surface area contributed by atoms with Crippen LogP contribution in [0.1, 0.15) is 28.2 Å². The minimum atomic E-state index is 0.0641. The van der Waals surface area contributed by atoms with E-state index in [4.69, 9.17) is 9.72 Å². The smallest absolute Gasteiger partial charge is 0.262 e. The summed E-state index contributed by atoms with van der Waals surface area (Å²) in [4.78, 5) is 22.0. The van der Waals surface area contributed by atoms with Gasteiger partial charge in [0.25, 0.3) is 5.56 Å². The maximum atomic E-state index is 13.1. The molecule has 3 rings (SSSR count). The van der Waals surface area contributed by atoms with Crippen molar-refractivity contribution in [3.63, 3.8) is 0 Å². The van der Waals surface area contributed by atoms with Crippen LogP contribution >= 0.6 is 11.3 Å². The predicted molar refractivity (Wildman–Crippen MR) is 112 cm³/mol. The molecule has 0 unspecified atom stereocenters. The van der Waals surface area contributed by atoms with Gasteiger partial charge in [0, 0.05) is 11.4 Å². The summed E-state index contributed by atoms with van der Waals surface area (Å²) in [6.07, 6.45) is 0.754. The Bertz CT molecular complexity index is 1000. The van der Waals surface area contributed by atoms with Crippen LogP contribution < -0.4 is 10.3 Å². The van der Waals surface area contributed by atoms with Crippen molar-refractivity contribution in [2.45, 2.75) is 40.3 Å². The van der Waals surface area contributed by atoms with Crippen LogP contribution in [0.5, 0.6) is 5.75 Å². The summed E-state index contributed by atoms with van der Waals surface area (Å²) < 4.78 is 7.66. The summed E-state index contributed by atoms with van der Waals surface area (Å²) in [5, 5.41) is 0.764. The lowest BCUT2D eigenvalue weighted by atomic mass is 10.2. The molecule has 0 saturated heterocycles. The van der Waals surface area contributed by atoms with Gasteiger partial charge in [-0.25, -0.2) is 4.98 Å². The number of nitrogens with zero attached hydrogens (tertiary/aromatic N) is 3. The molecule has 2 aromatic heterocycles. The average molecular weight is 386 g/mol. The van der Waals surface area contributed by atoms with Crippen molar-refractivity contribution in [1.29, 1.82) is 0 Å². The average Bonchev–Trinajstić information content (AvgIpc) is 2.87. The molecule has 1 aromatic carbocycles. The van der Waals surface area contributed by atoms with Crippen molar-refractivity contribution in [1.82, 2.24) is 14.5 Å². The van der Waals surface area contributed by atoms with Crippen molar-refractivity contribution >= 4 is 21.6 Å². The van der Waals surface area contributed by atoms with E-state index in [-0.39, 0.29) is 5.56 Å². The molecule has 3 aromatic rings. The third-order valence-electron chi connectivity index (χ3n) is 4.61. The van der Waals surface area contributed by atoms with Crippen LogP contribution in [0.4, 0.5) is 0 Å². The zero-order valence-electron chi connectivity index (χ0n) is 16.7. The van der Waals surface area contributed by atoms with Gasteiger partial charge in [-0.15, -0.1) is 11.3 Å². The molecule has 5 nitrogen and oxygen atoms in total. The Morgan fingerprint density at radius 1 is 1.22 bits per heavy atom. The molecule has 0 radical (unpaired) electrons. The van der Waals surface area contributed by atoms with Gasteiger partial charge in [0.05, 0.1) is 18.5 Å². The monoisotopic (exact) mass is 385 g/mol. The number of aryl methyl sites for hydroxylation is 3. The fourth-order valence-electron chi connectivity index (χ4n) is 3.12. The van der Waals surface area contributed by atoms with E-state index < -0.39 is 0 Å². The van der Waals surface area contributed by atoms with Crippen molar-refractivity contribution in [2.24, 2.45) is 0 Å². The SMILES string of the molecule is Cc1cccc(OCCCn2c(CN(C)C)nc3sc(C)c(C)c3c2=O)c1. The van der Waals surface area contributed by atoms with Crippen LogP contribution in [-0.4, -0.2) is 35.2 Å². The van der Waals surface area contributed by atoms with Crippen LogP contribution in [0, 0.1) is 20.8 Å². The van der Waals surface area contributed by atoms with E-state index in [1.165, 1.54) is 5.56 Å². The number of fused-ring (bicyclic) bond motifs is 1. The maximum Gasteiger partial charge on any atom is 0.262 e. The molecule has 0 amide bonds. The summed E-state index contributed by atoms with van der Waals surface area (Å²) in [6, 6.07) is 8.02. The molecule has 0 aliphatic heterocycles. The Hall–Kier alpha value is -2.18. The fraction of sp³-hybridized carbons (Fsp3) is 0.429. The lowest BCUT2D eigenvalue weighted by Crippen LogP contribution is -2.29.